The number of unbranched alkanes of at least 4 members (excludes halogenated alkanes) is 2. The largest absolute Gasteiger partial charge is 0.430 e. The molecule has 9 heteroatoms. The van der Waals surface area contributed by atoms with Crippen molar-refractivity contribution >= 4 is 22.4 Å². The highest BCUT2D eigenvalue weighted by Gasteiger charge is 2.72. The van der Waals surface area contributed by atoms with Crippen molar-refractivity contribution in [3.05, 3.63) is 42.0 Å². The van der Waals surface area contributed by atoms with E-state index in [0.717, 1.165) is 12.5 Å². The summed E-state index contributed by atoms with van der Waals surface area (Å²) < 4.78 is 80.2. The van der Waals surface area contributed by atoms with Gasteiger partial charge in [0.15, 0.2) is 0 Å². The van der Waals surface area contributed by atoms with Gasteiger partial charge < -0.3 is 10.4 Å². The maximum absolute atomic E-state index is 13.4. The molecule has 0 spiro atoms. The average Bonchev–Trinajstić information content (AvgIpc) is 2.59. The lowest BCUT2D eigenvalue weighted by atomic mass is 9.88. The molecule has 0 aromatic heterocycles. The molecular formula is C19H19F6NO2. The number of benzene rings is 2. The molecule has 154 valence electrons. The molecule has 0 heterocycles. The van der Waals surface area contributed by atoms with Gasteiger partial charge in [0.2, 0.25) is 5.91 Å². The van der Waals surface area contributed by atoms with Crippen LogP contribution in [-0.4, -0.2) is 23.4 Å². The number of carbonyl (C=O) groups excluding carboxylic acids is 1. The minimum Gasteiger partial charge on any atom is -0.369 e. The predicted molar refractivity (Wildman–Crippen MR) is 92.7 cm³/mol. The van der Waals surface area contributed by atoms with Gasteiger partial charge in [-0.2, -0.15) is 26.3 Å². The minimum atomic E-state index is -6.05. The fourth-order valence-electron chi connectivity index (χ4n) is 2.91. The lowest BCUT2D eigenvalue weighted by Crippen LogP contribution is -2.54. The van der Waals surface area contributed by atoms with E-state index in [2.05, 4.69) is 5.32 Å². The van der Waals surface area contributed by atoms with E-state index < -0.39 is 35.1 Å². The maximum atomic E-state index is 13.4. The van der Waals surface area contributed by atoms with E-state index in [-0.39, 0.29) is 11.8 Å². The SMILES string of the molecule is CCCCCC(=O)Nc1c(C(O)(C(F)(F)F)C(F)(F)F)ccc2ccccc12. The Kier molecular flexibility index (Phi) is 6.27. The van der Waals surface area contributed by atoms with Crippen molar-refractivity contribution in [1.29, 1.82) is 0 Å². The summed E-state index contributed by atoms with van der Waals surface area (Å²) >= 11 is 0. The fourth-order valence-corrected chi connectivity index (χ4v) is 2.91. The number of halogens is 6. The number of hydrogen-bond donors (Lipinski definition) is 2. The first-order chi connectivity index (χ1) is 12.9. The predicted octanol–water partition coefficient (Wildman–Crippen LogP) is 5.67. The average molecular weight is 407 g/mol. The number of carbonyl (C=O) groups is 1. The van der Waals surface area contributed by atoms with Gasteiger partial charge in [-0.3, -0.25) is 4.79 Å². The van der Waals surface area contributed by atoms with Crippen LogP contribution in [0, 0.1) is 0 Å². The molecule has 0 atom stereocenters. The second kappa shape index (κ2) is 7.98. The van der Waals surface area contributed by atoms with Crippen molar-refractivity contribution in [1.82, 2.24) is 0 Å². The number of fused-ring (bicyclic) bond motifs is 1. The lowest BCUT2D eigenvalue weighted by molar-refractivity contribution is -0.375. The van der Waals surface area contributed by atoms with E-state index >= 15 is 0 Å². The zero-order chi connectivity index (χ0) is 21.2. The number of nitrogens with one attached hydrogen (secondary N) is 1. The molecule has 2 rings (SSSR count). The van der Waals surface area contributed by atoms with Crippen LogP contribution in [0.1, 0.15) is 38.2 Å². The van der Waals surface area contributed by atoms with Crippen molar-refractivity contribution in [3.63, 3.8) is 0 Å². The Labute approximate surface area is 157 Å². The molecule has 1 amide bonds. The Hall–Kier alpha value is -2.29. The van der Waals surface area contributed by atoms with Gasteiger partial charge in [0.1, 0.15) is 0 Å². The monoisotopic (exact) mass is 407 g/mol. The van der Waals surface area contributed by atoms with Gasteiger partial charge in [-0.15, -0.1) is 0 Å². The third-order valence-corrected chi connectivity index (χ3v) is 4.41. The molecule has 0 fully saturated rings. The number of alkyl halides is 6. The van der Waals surface area contributed by atoms with Crippen LogP contribution < -0.4 is 5.32 Å². The number of aliphatic hydroxyl groups is 1. The van der Waals surface area contributed by atoms with Crippen molar-refractivity contribution in [2.75, 3.05) is 5.32 Å². The van der Waals surface area contributed by atoms with Gasteiger partial charge in [-0.05, 0) is 11.8 Å². The summed E-state index contributed by atoms with van der Waals surface area (Å²) in [7, 11) is 0. The van der Waals surface area contributed by atoms with E-state index in [1.807, 2.05) is 6.92 Å². The summed E-state index contributed by atoms with van der Waals surface area (Å²) in [6, 6.07) is 7.32. The van der Waals surface area contributed by atoms with E-state index in [1.54, 1.807) is 6.07 Å². The van der Waals surface area contributed by atoms with E-state index in [0.29, 0.717) is 24.3 Å². The Morgan fingerprint density at radius 3 is 2.14 bits per heavy atom. The number of rotatable bonds is 6. The first kappa shape index (κ1) is 22.0. The van der Waals surface area contributed by atoms with Gasteiger partial charge in [0.05, 0.1) is 5.69 Å². The topological polar surface area (TPSA) is 49.3 Å². The minimum absolute atomic E-state index is 0.0317. The summed E-state index contributed by atoms with van der Waals surface area (Å²) in [6.07, 6.45) is -10.2. The van der Waals surface area contributed by atoms with Gasteiger partial charge in [-0.25, -0.2) is 0 Å². The second-order valence-electron chi connectivity index (χ2n) is 6.42. The second-order valence-corrected chi connectivity index (χ2v) is 6.42. The van der Waals surface area contributed by atoms with Crippen LogP contribution >= 0.6 is 0 Å². The van der Waals surface area contributed by atoms with Crippen LogP contribution in [-0.2, 0) is 10.4 Å². The van der Waals surface area contributed by atoms with Crippen molar-refractivity contribution in [2.24, 2.45) is 0 Å². The number of anilines is 1. The molecule has 0 saturated carbocycles. The smallest absolute Gasteiger partial charge is 0.369 e. The Bertz CT molecular complexity index is 830. The Balaban J connectivity index is 2.67. The zero-order valence-electron chi connectivity index (χ0n) is 14.9. The summed E-state index contributed by atoms with van der Waals surface area (Å²) in [6.45, 7) is 1.88. The van der Waals surface area contributed by atoms with Crippen LogP contribution in [0.2, 0.25) is 0 Å². The first-order valence-electron chi connectivity index (χ1n) is 8.61. The highest BCUT2D eigenvalue weighted by molar-refractivity contribution is 6.03. The third kappa shape index (κ3) is 4.09. The van der Waals surface area contributed by atoms with Crippen LogP contribution in [0.5, 0.6) is 0 Å². The fraction of sp³-hybridized carbons (Fsp3) is 0.421. The molecule has 0 bridgehead atoms. The summed E-state index contributed by atoms with van der Waals surface area (Å²) in [5.74, 6) is -0.724. The molecule has 0 aliphatic heterocycles. The van der Waals surface area contributed by atoms with Crippen LogP contribution in [0.4, 0.5) is 32.0 Å². The van der Waals surface area contributed by atoms with Crippen molar-refractivity contribution < 1.29 is 36.2 Å². The van der Waals surface area contributed by atoms with E-state index in [1.165, 1.54) is 18.2 Å². The first-order valence-corrected chi connectivity index (χ1v) is 8.61. The standard InChI is InChI=1S/C19H19F6NO2/c1-2-3-4-9-15(27)26-16-13-8-6-5-7-12(13)10-11-14(16)17(28,18(20,21)22)19(23,24)25/h5-8,10-11,28H,2-4,9H2,1H3,(H,26,27). The molecule has 2 aromatic rings. The summed E-state index contributed by atoms with van der Waals surface area (Å²) in [4.78, 5) is 12.2. The zero-order valence-corrected chi connectivity index (χ0v) is 14.9. The van der Waals surface area contributed by atoms with Crippen LogP contribution in [0.15, 0.2) is 36.4 Å². The van der Waals surface area contributed by atoms with Crippen molar-refractivity contribution in [3.8, 4) is 0 Å². The molecule has 3 nitrogen and oxygen atoms in total. The molecular weight excluding hydrogens is 388 g/mol. The lowest BCUT2D eigenvalue weighted by Gasteiger charge is -2.34. The molecule has 0 aliphatic rings. The Morgan fingerprint density at radius 1 is 0.964 bits per heavy atom. The number of amides is 1. The van der Waals surface area contributed by atoms with Crippen LogP contribution in [0.25, 0.3) is 10.8 Å². The molecule has 0 unspecified atom stereocenters. The third-order valence-electron chi connectivity index (χ3n) is 4.41. The highest BCUT2D eigenvalue weighted by atomic mass is 19.4. The molecule has 2 aromatic carbocycles. The van der Waals surface area contributed by atoms with Gasteiger partial charge >= 0.3 is 12.4 Å². The number of hydrogen-bond acceptors (Lipinski definition) is 2. The molecule has 0 radical (unpaired) electrons. The van der Waals surface area contributed by atoms with Gasteiger partial charge in [-0.1, -0.05) is 56.2 Å². The van der Waals surface area contributed by atoms with Gasteiger partial charge in [0.25, 0.3) is 5.60 Å². The molecule has 0 aliphatic carbocycles. The molecule has 0 saturated heterocycles. The van der Waals surface area contributed by atoms with Crippen LogP contribution in [0.3, 0.4) is 0 Å². The maximum Gasteiger partial charge on any atom is 0.430 e. The quantitative estimate of drug-likeness (QED) is 0.479. The van der Waals surface area contributed by atoms with E-state index in [4.69, 9.17) is 0 Å². The highest BCUT2D eigenvalue weighted by Crippen LogP contribution is 2.52. The van der Waals surface area contributed by atoms with Crippen molar-refractivity contribution in [2.45, 2.75) is 50.6 Å². The molecule has 2 N–H and O–H groups in total. The normalized spacial score (nSPS) is 13.0. The Morgan fingerprint density at radius 2 is 1.57 bits per heavy atom. The summed E-state index contributed by atoms with van der Waals surface area (Å²) in [5, 5.41) is 12.3. The molecule has 28 heavy (non-hydrogen) atoms. The van der Waals surface area contributed by atoms with Gasteiger partial charge in [0, 0.05) is 17.4 Å². The summed E-state index contributed by atoms with van der Waals surface area (Å²) in [5.41, 5.74) is -7.29. The van der Waals surface area contributed by atoms with E-state index in [9.17, 15) is 36.2 Å².